The van der Waals surface area contributed by atoms with Crippen LogP contribution in [0.2, 0.25) is 5.02 Å². The van der Waals surface area contributed by atoms with Gasteiger partial charge in [-0.2, -0.15) is 0 Å². The van der Waals surface area contributed by atoms with E-state index in [1.807, 2.05) is 0 Å². The molecule has 0 saturated carbocycles. The molecule has 1 saturated heterocycles. The van der Waals surface area contributed by atoms with Gasteiger partial charge in [-0.15, -0.1) is 0 Å². The second-order valence-corrected chi connectivity index (χ2v) is 7.88. The third-order valence-corrected chi connectivity index (χ3v) is 5.81. The molecule has 1 aromatic heterocycles. The summed E-state index contributed by atoms with van der Waals surface area (Å²) in [6.45, 7) is 1.75. The Morgan fingerprint density at radius 1 is 1.31 bits per heavy atom. The molecule has 0 spiro atoms. The number of thiazole rings is 1. The molecule has 8 heteroatoms. The summed E-state index contributed by atoms with van der Waals surface area (Å²) in [4.78, 5) is 32.2. The first kappa shape index (κ1) is 17.5. The third-order valence-electron chi connectivity index (χ3n) is 4.56. The van der Waals surface area contributed by atoms with E-state index in [1.54, 1.807) is 29.2 Å². The van der Waals surface area contributed by atoms with Crippen LogP contribution in [0, 0.1) is 0 Å². The van der Waals surface area contributed by atoms with Gasteiger partial charge in [0.2, 0.25) is 0 Å². The molecule has 3 heterocycles. The zero-order valence-electron chi connectivity index (χ0n) is 14.0. The van der Waals surface area contributed by atoms with Gasteiger partial charge in [-0.1, -0.05) is 22.9 Å². The van der Waals surface area contributed by atoms with E-state index < -0.39 is 0 Å². The van der Waals surface area contributed by atoms with Crippen molar-refractivity contribution < 1.29 is 14.3 Å². The number of hydrogen-bond acceptors (Lipinski definition) is 5. The Labute approximate surface area is 160 Å². The van der Waals surface area contributed by atoms with Crippen molar-refractivity contribution in [1.29, 1.82) is 0 Å². The molecule has 0 radical (unpaired) electrons. The van der Waals surface area contributed by atoms with Crippen molar-refractivity contribution in [2.75, 3.05) is 18.5 Å². The van der Waals surface area contributed by atoms with Crippen molar-refractivity contribution in [3.63, 3.8) is 0 Å². The van der Waals surface area contributed by atoms with Crippen LogP contribution < -0.4 is 5.32 Å². The number of benzene rings is 1. The average Bonchev–Trinajstić information content (AvgIpc) is 3.30. The van der Waals surface area contributed by atoms with Crippen molar-refractivity contribution in [2.45, 2.75) is 31.9 Å². The van der Waals surface area contributed by atoms with Crippen LogP contribution in [-0.2, 0) is 22.5 Å². The van der Waals surface area contributed by atoms with E-state index in [0.29, 0.717) is 41.8 Å². The maximum atomic E-state index is 12.7. The summed E-state index contributed by atoms with van der Waals surface area (Å²) >= 11 is 7.31. The number of nitrogens with one attached hydrogen (secondary N) is 1. The molecule has 1 atom stereocenters. The maximum absolute atomic E-state index is 12.7. The predicted octanol–water partition coefficient (Wildman–Crippen LogP) is 3.11. The Hall–Kier alpha value is -1.96. The van der Waals surface area contributed by atoms with Crippen LogP contribution in [0.3, 0.4) is 0 Å². The predicted molar refractivity (Wildman–Crippen MR) is 99.6 cm³/mol. The van der Waals surface area contributed by atoms with Crippen LogP contribution in [-0.4, -0.2) is 41.0 Å². The van der Waals surface area contributed by atoms with Crippen LogP contribution in [0.5, 0.6) is 0 Å². The zero-order chi connectivity index (χ0) is 18.1. The summed E-state index contributed by atoms with van der Waals surface area (Å²) in [7, 11) is 0. The molecule has 1 N–H and O–H groups in total. The van der Waals surface area contributed by atoms with Gasteiger partial charge in [0.05, 0.1) is 12.2 Å². The molecule has 2 aliphatic rings. The van der Waals surface area contributed by atoms with E-state index in [9.17, 15) is 9.59 Å². The molecular formula is C18H18ClN3O3S. The number of rotatable bonds is 3. The van der Waals surface area contributed by atoms with Gasteiger partial charge in [-0.05, 0) is 37.1 Å². The van der Waals surface area contributed by atoms with Crippen molar-refractivity contribution in [2.24, 2.45) is 0 Å². The summed E-state index contributed by atoms with van der Waals surface area (Å²) in [5, 5.41) is 4.04. The molecule has 1 aromatic carbocycles. The first-order chi connectivity index (χ1) is 12.6. The molecule has 6 nitrogen and oxygen atoms in total. The van der Waals surface area contributed by atoms with Crippen molar-refractivity contribution in [3.05, 3.63) is 45.4 Å². The first-order valence-corrected chi connectivity index (χ1v) is 9.75. The fraction of sp³-hybridized carbons (Fsp3) is 0.389. The highest BCUT2D eigenvalue weighted by Gasteiger charge is 2.27. The summed E-state index contributed by atoms with van der Waals surface area (Å²) in [5.41, 5.74) is 1.58. The largest absolute Gasteiger partial charge is 0.368 e. The number of fused-ring (bicyclic) bond motifs is 1. The topological polar surface area (TPSA) is 71.5 Å². The standard InChI is InChI=1S/C18H18ClN3O3S/c19-12-5-3-11(4-6-12)17(24)22-8-7-13-15(10-22)26-18(20-13)21-16(23)14-2-1-9-25-14/h3-6,14H,1-2,7-10H2,(H,20,21,23). The lowest BCUT2D eigenvalue weighted by molar-refractivity contribution is -0.124. The van der Waals surface area contributed by atoms with Gasteiger partial charge in [0.15, 0.2) is 5.13 Å². The van der Waals surface area contributed by atoms with Crippen LogP contribution in [0.4, 0.5) is 5.13 Å². The quantitative estimate of drug-likeness (QED) is 0.872. The summed E-state index contributed by atoms with van der Waals surface area (Å²) in [6, 6.07) is 6.91. The fourth-order valence-corrected chi connectivity index (χ4v) is 4.32. The first-order valence-electron chi connectivity index (χ1n) is 8.56. The highest BCUT2D eigenvalue weighted by molar-refractivity contribution is 7.15. The Morgan fingerprint density at radius 3 is 2.85 bits per heavy atom. The van der Waals surface area contributed by atoms with Crippen LogP contribution in [0.15, 0.2) is 24.3 Å². The normalized spacial score (nSPS) is 19.3. The third kappa shape index (κ3) is 3.60. The highest BCUT2D eigenvalue weighted by atomic mass is 35.5. The van der Waals surface area contributed by atoms with Crippen molar-refractivity contribution >= 4 is 39.9 Å². The number of amides is 2. The number of aromatic nitrogens is 1. The van der Waals surface area contributed by atoms with E-state index in [0.717, 1.165) is 23.4 Å². The Bertz CT molecular complexity index is 831. The van der Waals surface area contributed by atoms with Gasteiger partial charge in [-0.25, -0.2) is 4.98 Å². The molecule has 2 amide bonds. The molecule has 2 aromatic rings. The molecular weight excluding hydrogens is 374 g/mol. The lowest BCUT2D eigenvalue weighted by Crippen LogP contribution is -2.35. The summed E-state index contributed by atoms with van der Waals surface area (Å²) in [6.07, 6.45) is 1.97. The molecule has 0 bridgehead atoms. The maximum Gasteiger partial charge on any atom is 0.255 e. The van der Waals surface area contributed by atoms with Crippen LogP contribution in [0.25, 0.3) is 0 Å². The van der Waals surface area contributed by atoms with Crippen molar-refractivity contribution in [1.82, 2.24) is 9.88 Å². The molecule has 1 unspecified atom stereocenters. The lowest BCUT2D eigenvalue weighted by atomic mass is 10.1. The van der Waals surface area contributed by atoms with E-state index >= 15 is 0 Å². The molecule has 136 valence electrons. The number of hydrogen-bond donors (Lipinski definition) is 1. The van der Waals surface area contributed by atoms with Crippen molar-refractivity contribution in [3.8, 4) is 0 Å². The summed E-state index contributed by atoms with van der Waals surface area (Å²) < 4.78 is 5.40. The minimum atomic E-state index is -0.376. The van der Waals surface area contributed by atoms with E-state index in [1.165, 1.54) is 11.3 Å². The second-order valence-electron chi connectivity index (χ2n) is 6.36. The van der Waals surface area contributed by atoms with E-state index in [-0.39, 0.29) is 17.9 Å². The number of carbonyl (C=O) groups is 2. The average molecular weight is 392 g/mol. The molecule has 2 aliphatic heterocycles. The van der Waals surface area contributed by atoms with Gasteiger partial charge >= 0.3 is 0 Å². The van der Waals surface area contributed by atoms with E-state index in [4.69, 9.17) is 16.3 Å². The number of ether oxygens (including phenoxy) is 1. The minimum Gasteiger partial charge on any atom is -0.368 e. The lowest BCUT2D eigenvalue weighted by Gasteiger charge is -2.26. The number of halogens is 1. The van der Waals surface area contributed by atoms with Crippen LogP contribution >= 0.6 is 22.9 Å². The SMILES string of the molecule is O=C(Nc1nc2c(s1)CN(C(=O)c1ccc(Cl)cc1)CC2)C1CCCO1. The fourth-order valence-electron chi connectivity index (χ4n) is 3.17. The molecule has 26 heavy (non-hydrogen) atoms. The summed E-state index contributed by atoms with van der Waals surface area (Å²) in [5.74, 6) is -0.159. The van der Waals surface area contributed by atoms with Crippen LogP contribution in [0.1, 0.15) is 33.8 Å². The number of anilines is 1. The number of nitrogens with zero attached hydrogens (tertiary/aromatic N) is 2. The molecule has 1 fully saturated rings. The Balaban J connectivity index is 1.43. The monoisotopic (exact) mass is 391 g/mol. The molecule has 0 aliphatic carbocycles. The number of carbonyl (C=O) groups excluding carboxylic acids is 2. The van der Waals surface area contributed by atoms with Gasteiger partial charge in [0.1, 0.15) is 6.10 Å². The van der Waals surface area contributed by atoms with Gasteiger partial charge in [-0.3, -0.25) is 14.9 Å². The Kier molecular flexibility index (Phi) is 4.93. The molecule has 4 rings (SSSR count). The van der Waals surface area contributed by atoms with Gasteiger partial charge in [0.25, 0.3) is 11.8 Å². The highest BCUT2D eigenvalue weighted by Crippen LogP contribution is 2.29. The smallest absolute Gasteiger partial charge is 0.255 e. The van der Waals surface area contributed by atoms with Gasteiger partial charge in [0, 0.05) is 35.0 Å². The Morgan fingerprint density at radius 2 is 2.12 bits per heavy atom. The van der Waals surface area contributed by atoms with E-state index in [2.05, 4.69) is 10.3 Å². The second kappa shape index (κ2) is 7.34. The zero-order valence-corrected chi connectivity index (χ0v) is 15.6. The minimum absolute atomic E-state index is 0.0225. The van der Waals surface area contributed by atoms with Gasteiger partial charge < -0.3 is 9.64 Å².